The first-order chi connectivity index (χ1) is 16.5. The largest absolute Gasteiger partial charge is 0.351 e. The third-order valence-electron chi connectivity index (χ3n) is 5.27. The Morgan fingerprint density at radius 2 is 1.71 bits per heavy atom. The van der Waals surface area contributed by atoms with Crippen LogP contribution in [0.5, 0.6) is 0 Å². The van der Waals surface area contributed by atoms with Crippen LogP contribution in [0.2, 0.25) is 0 Å². The molecule has 0 aliphatic rings. The molecule has 10 heteroatoms. The van der Waals surface area contributed by atoms with E-state index >= 15 is 0 Å². The van der Waals surface area contributed by atoms with E-state index in [1.807, 2.05) is 0 Å². The lowest BCUT2D eigenvalue weighted by atomic mass is 10.0. The van der Waals surface area contributed by atoms with Crippen molar-refractivity contribution in [2.75, 3.05) is 6.54 Å². The number of hydrogen-bond acceptors (Lipinski definition) is 6. The van der Waals surface area contributed by atoms with Crippen LogP contribution in [0, 0.1) is 10.1 Å². The second-order valence-electron chi connectivity index (χ2n) is 7.56. The van der Waals surface area contributed by atoms with Crippen LogP contribution in [0.3, 0.4) is 0 Å². The van der Waals surface area contributed by atoms with E-state index in [0.717, 1.165) is 0 Å². The zero-order chi connectivity index (χ0) is 24.5. The van der Waals surface area contributed by atoms with E-state index in [1.54, 1.807) is 60.1 Å². The van der Waals surface area contributed by atoms with E-state index in [9.17, 15) is 24.5 Å². The number of hydroxylamine groups is 1. The standard InChI is InChI=1S/C24H24N4O6/c29-15-16-10-12-18(13-11-16)21-23(28(33)34)20(17-7-3-1-4-8-17)22(26-21)24(31)25-14-6-2-5-9-19(30)27-32/h1,3-4,7-8,10-13,15,26,32H,2,5-6,9,14H2,(H,25,31)(H,27,30). The summed E-state index contributed by atoms with van der Waals surface area (Å²) >= 11 is 0. The Kier molecular flexibility index (Phi) is 8.25. The van der Waals surface area contributed by atoms with E-state index in [4.69, 9.17) is 5.21 Å². The molecule has 0 aliphatic heterocycles. The van der Waals surface area contributed by atoms with Gasteiger partial charge in [-0.2, -0.15) is 0 Å². The minimum absolute atomic E-state index is 0.0621. The molecule has 3 aromatic rings. The molecule has 0 bridgehead atoms. The number of hydrogen-bond donors (Lipinski definition) is 4. The Morgan fingerprint density at radius 3 is 2.32 bits per heavy atom. The molecule has 4 N–H and O–H groups in total. The Hall–Kier alpha value is -4.31. The molecule has 0 fully saturated rings. The summed E-state index contributed by atoms with van der Waals surface area (Å²) in [5.41, 5.74) is 3.16. The van der Waals surface area contributed by atoms with Crippen molar-refractivity contribution in [3.8, 4) is 22.4 Å². The summed E-state index contributed by atoms with van der Waals surface area (Å²) in [7, 11) is 0. The van der Waals surface area contributed by atoms with Crippen molar-refractivity contribution >= 4 is 23.8 Å². The lowest BCUT2D eigenvalue weighted by Gasteiger charge is -2.06. The van der Waals surface area contributed by atoms with Gasteiger partial charge < -0.3 is 10.3 Å². The average molecular weight is 464 g/mol. The topological polar surface area (TPSA) is 154 Å². The van der Waals surface area contributed by atoms with Crippen molar-refractivity contribution in [2.45, 2.75) is 25.7 Å². The highest BCUT2D eigenvalue weighted by molar-refractivity contribution is 6.04. The number of nitro groups is 1. The minimum atomic E-state index is -0.523. The van der Waals surface area contributed by atoms with Crippen LogP contribution >= 0.6 is 0 Å². The van der Waals surface area contributed by atoms with Gasteiger partial charge in [-0.25, -0.2) is 5.48 Å². The summed E-state index contributed by atoms with van der Waals surface area (Å²) in [6, 6.07) is 14.9. The zero-order valence-electron chi connectivity index (χ0n) is 18.2. The molecule has 0 atom stereocenters. The molecule has 0 saturated heterocycles. The second-order valence-corrected chi connectivity index (χ2v) is 7.56. The van der Waals surface area contributed by atoms with Crippen molar-refractivity contribution in [2.24, 2.45) is 0 Å². The molecule has 2 amide bonds. The quantitative estimate of drug-likeness (QED) is 0.111. The zero-order valence-corrected chi connectivity index (χ0v) is 18.2. The molecule has 3 rings (SSSR count). The van der Waals surface area contributed by atoms with Gasteiger partial charge in [-0.1, -0.05) is 61.0 Å². The predicted molar refractivity (Wildman–Crippen MR) is 124 cm³/mol. The van der Waals surface area contributed by atoms with Gasteiger partial charge in [0.2, 0.25) is 5.91 Å². The molecule has 0 spiro atoms. The van der Waals surface area contributed by atoms with Crippen molar-refractivity contribution < 1.29 is 24.5 Å². The number of nitrogens with one attached hydrogen (secondary N) is 3. The fraction of sp³-hybridized carbons (Fsp3) is 0.208. The van der Waals surface area contributed by atoms with Crippen LogP contribution in [0.4, 0.5) is 5.69 Å². The van der Waals surface area contributed by atoms with Gasteiger partial charge in [0.1, 0.15) is 17.7 Å². The molecule has 10 nitrogen and oxygen atoms in total. The number of aldehydes is 1. The molecular weight excluding hydrogens is 440 g/mol. The van der Waals surface area contributed by atoms with Crippen LogP contribution < -0.4 is 10.8 Å². The summed E-state index contributed by atoms with van der Waals surface area (Å²) in [4.78, 5) is 49.6. The highest BCUT2D eigenvalue weighted by Crippen LogP contribution is 2.41. The lowest BCUT2D eigenvalue weighted by Crippen LogP contribution is -2.25. The Morgan fingerprint density at radius 1 is 1.00 bits per heavy atom. The number of unbranched alkanes of at least 4 members (excludes halogenated alkanes) is 2. The highest BCUT2D eigenvalue weighted by Gasteiger charge is 2.31. The van der Waals surface area contributed by atoms with Crippen LogP contribution in [0.15, 0.2) is 54.6 Å². The molecule has 2 aromatic carbocycles. The first-order valence-electron chi connectivity index (χ1n) is 10.7. The Labute approximate surface area is 195 Å². The third-order valence-corrected chi connectivity index (χ3v) is 5.27. The first-order valence-corrected chi connectivity index (χ1v) is 10.7. The molecule has 176 valence electrons. The number of aromatic amines is 1. The molecule has 0 aliphatic carbocycles. The molecule has 1 heterocycles. The number of rotatable bonds is 11. The summed E-state index contributed by atoms with van der Waals surface area (Å²) in [5, 5.41) is 23.4. The van der Waals surface area contributed by atoms with Crippen LogP contribution in [-0.4, -0.2) is 39.8 Å². The molecule has 0 unspecified atom stereocenters. The van der Waals surface area contributed by atoms with Gasteiger partial charge in [0.05, 0.1) is 10.5 Å². The number of aromatic nitrogens is 1. The maximum atomic E-state index is 13.0. The molecule has 0 saturated carbocycles. The molecule has 34 heavy (non-hydrogen) atoms. The van der Waals surface area contributed by atoms with Gasteiger partial charge in [-0.3, -0.25) is 29.7 Å². The Bertz CT molecular complexity index is 1170. The van der Waals surface area contributed by atoms with Gasteiger partial charge in [-0.15, -0.1) is 0 Å². The van der Waals surface area contributed by atoms with Crippen molar-refractivity contribution in [3.05, 3.63) is 76.0 Å². The Balaban J connectivity index is 1.91. The van der Waals surface area contributed by atoms with Crippen LogP contribution in [0.1, 0.15) is 46.5 Å². The molecule has 0 radical (unpaired) electrons. The van der Waals surface area contributed by atoms with Gasteiger partial charge in [0.15, 0.2) is 0 Å². The van der Waals surface area contributed by atoms with E-state index in [2.05, 4.69) is 10.3 Å². The van der Waals surface area contributed by atoms with E-state index < -0.39 is 16.7 Å². The van der Waals surface area contributed by atoms with Gasteiger partial charge >= 0.3 is 5.69 Å². The smallest absolute Gasteiger partial charge is 0.303 e. The SMILES string of the molecule is O=Cc1ccc(-c2[nH]c(C(=O)NCCCCCC(=O)NO)c(-c3ccccc3)c2[N+](=O)[O-])cc1. The van der Waals surface area contributed by atoms with E-state index in [0.29, 0.717) is 48.8 Å². The number of benzene rings is 2. The van der Waals surface area contributed by atoms with E-state index in [-0.39, 0.29) is 29.1 Å². The fourth-order valence-corrected chi connectivity index (χ4v) is 3.60. The molecular formula is C24H24N4O6. The van der Waals surface area contributed by atoms with Crippen LogP contribution in [-0.2, 0) is 4.79 Å². The van der Waals surface area contributed by atoms with Crippen molar-refractivity contribution in [3.63, 3.8) is 0 Å². The van der Waals surface area contributed by atoms with E-state index in [1.165, 1.54) is 0 Å². The highest BCUT2D eigenvalue weighted by atomic mass is 16.6. The third kappa shape index (κ3) is 5.73. The maximum Gasteiger partial charge on any atom is 0.303 e. The van der Waals surface area contributed by atoms with Gasteiger partial charge in [-0.05, 0) is 18.4 Å². The normalized spacial score (nSPS) is 10.5. The number of carbonyl (C=O) groups excluding carboxylic acids is 3. The fourth-order valence-electron chi connectivity index (χ4n) is 3.60. The predicted octanol–water partition coefficient (Wildman–Crippen LogP) is 3.87. The molecule has 1 aromatic heterocycles. The summed E-state index contributed by atoms with van der Waals surface area (Å²) in [6.07, 6.45) is 2.65. The van der Waals surface area contributed by atoms with Crippen molar-refractivity contribution in [1.82, 2.24) is 15.8 Å². The summed E-state index contributed by atoms with van der Waals surface area (Å²) < 4.78 is 0. The van der Waals surface area contributed by atoms with Crippen LogP contribution in [0.25, 0.3) is 22.4 Å². The monoisotopic (exact) mass is 464 g/mol. The number of amides is 2. The maximum absolute atomic E-state index is 13.0. The number of H-pyrrole nitrogens is 1. The second kappa shape index (κ2) is 11.5. The average Bonchev–Trinajstić information content (AvgIpc) is 3.27. The lowest BCUT2D eigenvalue weighted by molar-refractivity contribution is -0.383. The number of nitrogens with zero attached hydrogens (tertiary/aromatic N) is 1. The first kappa shape index (κ1) is 24.3. The summed E-state index contributed by atoms with van der Waals surface area (Å²) in [6.45, 7) is 0.310. The number of carbonyl (C=O) groups is 3. The summed E-state index contributed by atoms with van der Waals surface area (Å²) in [5.74, 6) is -0.963. The van der Waals surface area contributed by atoms with Crippen molar-refractivity contribution in [1.29, 1.82) is 0 Å². The van der Waals surface area contributed by atoms with Gasteiger partial charge in [0.25, 0.3) is 5.91 Å². The minimum Gasteiger partial charge on any atom is -0.351 e. The van der Waals surface area contributed by atoms with Gasteiger partial charge in [0, 0.05) is 24.1 Å².